The summed E-state index contributed by atoms with van der Waals surface area (Å²) in [6.45, 7) is 0. The summed E-state index contributed by atoms with van der Waals surface area (Å²) in [7, 11) is 0. The van der Waals surface area contributed by atoms with Crippen LogP contribution in [-0.4, -0.2) is 16.5 Å². The van der Waals surface area contributed by atoms with Gasteiger partial charge >= 0.3 is 0 Å². The Kier molecular flexibility index (Phi) is 2.91. The molecule has 96 valence electrons. The molecule has 0 bridgehead atoms. The van der Waals surface area contributed by atoms with Gasteiger partial charge in [0, 0.05) is 24.0 Å². The first-order valence-corrected chi connectivity index (χ1v) is 6.33. The number of nitrogens with zero attached hydrogens (tertiary/aromatic N) is 1. The quantitative estimate of drug-likeness (QED) is 0.906. The zero-order valence-electron chi connectivity index (χ0n) is 10.4. The fourth-order valence-electron chi connectivity index (χ4n) is 1.91. The monoisotopic (exact) mass is 254 g/mol. The van der Waals surface area contributed by atoms with E-state index in [-0.39, 0.29) is 11.5 Å². The number of nitrogens with one attached hydrogen (secondary N) is 1. The Morgan fingerprint density at radius 1 is 1.11 bits per heavy atom. The van der Waals surface area contributed by atoms with E-state index in [1.54, 1.807) is 12.3 Å². The van der Waals surface area contributed by atoms with Crippen LogP contribution in [0, 0.1) is 0 Å². The second-order valence-electron chi connectivity index (χ2n) is 4.71. The van der Waals surface area contributed by atoms with Crippen molar-refractivity contribution >= 4 is 5.91 Å². The van der Waals surface area contributed by atoms with Crippen LogP contribution < -0.4 is 10.9 Å². The van der Waals surface area contributed by atoms with Crippen molar-refractivity contribution in [3.05, 3.63) is 64.6 Å². The number of pyridine rings is 1. The molecule has 1 fully saturated rings. The van der Waals surface area contributed by atoms with Gasteiger partial charge in [-0.05, 0) is 31.0 Å². The molecule has 2 aromatic rings. The number of carbonyl (C=O) groups excluding carboxylic acids is 1. The lowest BCUT2D eigenvalue weighted by atomic mass is 10.2. The van der Waals surface area contributed by atoms with Crippen LogP contribution in [0.5, 0.6) is 0 Å². The smallest absolute Gasteiger partial charge is 0.255 e. The molecule has 0 saturated heterocycles. The zero-order chi connectivity index (χ0) is 13.2. The Morgan fingerprint density at radius 3 is 2.53 bits per heavy atom. The maximum Gasteiger partial charge on any atom is 0.255 e. The van der Waals surface area contributed by atoms with Crippen LogP contribution in [0.3, 0.4) is 0 Å². The van der Waals surface area contributed by atoms with E-state index < -0.39 is 0 Å². The van der Waals surface area contributed by atoms with Crippen molar-refractivity contribution in [1.82, 2.24) is 9.88 Å². The predicted octanol–water partition coefficient (Wildman–Crippen LogP) is 1.73. The van der Waals surface area contributed by atoms with Gasteiger partial charge in [0.05, 0.1) is 5.56 Å². The number of amides is 1. The molecule has 1 N–H and O–H groups in total. The molecule has 19 heavy (non-hydrogen) atoms. The number of carbonyl (C=O) groups is 1. The lowest BCUT2D eigenvalue weighted by Gasteiger charge is -2.08. The van der Waals surface area contributed by atoms with Gasteiger partial charge in [0.1, 0.15) is 0 Å². The molecule has 3 rings (SSSR count). The molecule has 4 heteroatoms. The van der Waals surface area contributed by atoms with Gasteiger partial charge in [-0.15, -0.1) is 0 Å². The van der Waals surface area contributed by atoms with Crippen LogP contribution in [0.15, 0.2) is 53.5 Å². The Balaban J connectivity index is 1.96. The summed E-state index contributed by atoms with van der Waals surface area (Å²) < 4.78 is 1.49. The number of hydrogen-bond donors (Lipinski definition) is 1. The third-order valence-electron chi connectivity index (χ3n) is 3.12. The number of benzene rings is 1. The minimum Gasteiger partial charge on any atom is -0.349 e. The first-order valence-electron chi connectivity index (χ1n) is 6.33. The van der Waals surface area contributed by atoms with Crippen LogP contribution in [0.2, 0.25) is 0 Å². The van der Waals surface area contributed by atoms with Crippen molar-refractivity contribution < 1.29 is 4.79 Å². The van der Waals surface area contributed by atoms with E-state index in [4.69, 9.17) is 0 Å². The van der Waals surface area contributed by atoms with Crippen molar-refractivity contribution in [3.8, 4) is 5.69 Å². The topological polar surface area (TPSA) is 51.1 Å². The minimum atomic E-state index is -0.144. The van der Waals surface area contributed by atoms with Gasteiger partial charge in [0.25, 0.3) is 11.5 Å². The molecule has 4 nitrogen and oxygen atoms in total. The molecule has 1 amide bonds. The van der Waals surface area contributed by atoms with Crippen LogP contribution in [-0.2, 0) is 0 Å². The Morgan fingerprint density at radius 2 is 1.84 bits per heavy atom. The van der Waals surface area contributed by atoms with Crippen molar-refractivity contribution in [1.29, 1.82) is 0 Å². The average Bonchev–Trinajstić information content (AvgIpc) is 3.24. The third kappa shape index (κ3) is 2.57. The summed E-state index contributed by atoms with van der Waals surface area (Å²) in [6.07, 6.45) is 3.68. The molecule has 1 heterocycles. The number of aromatic nitrogens is 1. The fourth-order valence-corrected chi connectivity index (χ4v) is 1.91. The Bertz CT molecular complexity index is 657. The lowest BCUT2D eigenvalue weighted by Crippen LogP contribution is -2.27. The minimum absolute atomic E-state index is 0.118. The Labute approximate surface area is 110 Å². The zero-order valence-corrected chi connectivity index (χ0v) is 10.4. The molecule has 1 saturated carbocycles. The van der Waals surface area contributed by atoms with E-state index in [1.165, 1.54) is 10.6 Å². The van der Waals surface area contributed by atoms with Crippen LogP contribution in [0.4, 0.5) is 0 Å². The summed E-state index contributed by atoms with van der Waals surface area (Å²) in [4.78, 5) is 23.8. The molecule has 0 aliphatic heterocycles. The van der Waals surface area contributed by atoms with Gasteiger partial charge in [-0.1, -0.05) is 18.2 Å². The highest BCUT2D eigenvalue weighted by Gasteiger charge is 2.23. The summed E-state index contributed by atoms with van der Waals surface area (Å²) in [5.41, 5.74) is 1.12. The molecule has 0 radical (unpaired) electrons. The summed E-state index contributed by atoms with van der Waals surface area (Å²) >= 11 is 0. The molecule has 1 aromatic heterocycles. The highest BCUT2D eigenvalue weighted by Crippen LogP contribution is 2.19. The first-order chi connectivity index (χ1) is 9.24. The van der Waals surface area contributed by atoms with Crippen molar-refractivity contribution in [2.75, 3.05) is 0 Å². The summed E-state index contributed by atoms with van der Waals surface area (Å²) in [5, 5.41) is 2.91. The largest absolute Gasteiger partial charge is 0.349 e. The molecule has 0 unspecified atom stereocenters. The molecule has 0 spiro atoms. The van der Waals surface area contributed by atoms with Crippen molar-refractivity contribution in [3.63, 3.8) is 0 Å². The number of para-hydroxylation sites is 1. The second-order valence-corrected chi connectivity index (χ2v) is 4.71. The molecule has 1 aliphatic carbocycles. The highest BCUT2D eigenvalue weighted by molar-refractivity contribution is 5.94. The SMILES string of the molecule is O=C(NC1CC1)c1ccc(=O)n(-c2ccccc2)c1. The van der Waals surface area contributed by atoms with Gasteiger partial charge in [-0.2, -0.15) is 0 Å². The van der Waals surface area contributed by atoms with Gasteiger partial charge in [-0.3, -0.25) is 14.2 Å². The Hall–Kier alpha value is -2.36. The molecule has 1 aliphatic rings. The van der Waals surface area contributed by atoms with Crippen LogP contribution >= 0.6 is 0 Å². The van der Waals surface area contributed by atoms with Gasteiger partial charge in [0.15, 0.2) is 0 Å². The molecular weight excluding hydrogens is 240 g/mol. The lowest BCUT2D eigenvalue weighted by molar-refractivity contribution is 0.0950. The van der Waals surface area contributed by atoms with Crippen molar-refractivity contribution in [2.24, 2.45) is 0 Å². The molecule has 0 atom stereocenters. The van der Waals surface area contributed by atoms with E-state index in [0.29, 0.717) is 11.6 Å². The third-order valence-corrected chi connectivity index (χ3v) is 3.12. The molecular formula is C15H14N2O2. The predicted molar refractivity (Wildman–Crippen MR) is 72.5 cm³/mol. The standard InChI is InChI=1S/C15H14N2O2/c18-14-9-6-11(15(19)16-12-7-8-12)10-17(14)13-4-2-1-3-5-13/h1-6,9-10,12H,7-8H2,(H,16,19). The number of hydrogen-bond acceptors (Lipinski definition) is 2. The van der Waals surface area contributed by atoms with E-state index >= 15 is 0 Å². The van der Waals surface area contributed by atoms with E-state index in [0.717, 1.165) is 18.5 Å². The summed E-state index contributed by atoms with van der Waals surface area (Å²) in [5.74, 6) is -0.118. The van der Waals surface area contributed by atoms with E-state index in [1.807, 2.05) is 30.3 Å². The number of rotatable bonds is 3. The van der Waals surface area contributed by atoms with E-state index in [2.05, 4.69) is 5.32 Å². The first kappa shape index (κ1) is 11.7. The maximum atomic E-state index is 12.0. The highest BCUT2D eigenvalue weighted by atomic mass is 16.2. The fraction of sp³-hybridized carbons (Fsp3) is 0.200. The van der Waals surface area contributed by atoms with Gasteiger partial charge in [0.2, 0.25) is 0 Å². The van der Waals surface area contributed by atoms with Crippen LogP contribution in [0.1, 0.15) is 23.2 Å². The average molecular weight is 254 g/mol. The van der Waals surface area contributed by atoms with Gasteiger partial charge < -0.3 is 5.32 Å². The second kappa shape index (κ2) is 4.72. The van der Waals surface area contributed by atoms with Crippen LogP contribution in [0.25, 0.3) is 5.69 Å². The normalized spacial score (nSPS) is 14.1. The van der Waals surface area contributed by atoms with Crippen molar-refractivity contribution in [2.45, 2.75) is 18.9 Å². The van der Waals surface area contributed by atoms with E-state index in [9.17, 15) is 9.59 Å². The summed E-state index contributed by atoms with van der Waals surface area (Å²) in [6, 6.07) is 12.6. The molecule has 1 aromatic carbocycles. The van der Waals surface area contributed by atoms with Gasteiger partial charge in [-0.25, -0.2) is 0 Å². The maximum absolute atomic E-state index is 12.0.